The van der Waals surface area contributed by atoms with Gasteiger partial charge >= 0.3 is 0 Å². The highest BCUT2D eigenvalue weighted by atomic mass is 16.3. The summed E-state index contributed by atoms with van der Waals surface area (Å²) in [5.41, 5.74) is 0.308. The molecule has 1 fully saturated rings. The van der Waals surface area contributed by atoms with E-state index in [1.54, 1.807) is 0 Å². The van der Waals surface area contributed by atoms with Crippen LogP contribution in [0.4, 0.5) is 0 Å². The van der Waals surface area contributed by atoms with Crippen LogP contribution in [0.25, 0.3) is 0 Å². The van der Waals surface area contributed by atoms with Crippen molar-refractivity contribution in [3.63, 3.8) is 0 Å². The number of nitrogens with one attached hydrogen (secondary N) is 1. The lowest BCUT2D eigenvalue weighted by Crippen LogP contribution is -2.45. The molecule has 0 aromatic heterocycles. The second-order valence-corrected chi connectivity index (χ2v) is 5.90. The van der Waals surface area contributed by atoms with Gasteiger partial charge in [0.15, 0.2) is 0 Å². The first-order valence-corrected chi connectivity index (χ1v) is 6.50. The maximum Gasteiger partial charge on any atom is 0.0434 e. The van der Waals surface area contributed by atoms with Crippen LogP contribution in [0.5, 0.6) is 0 Å². The summed E-state index contributed by atoms with van der Waals surface area (Å²) in [4.78, 5) is 2.55. The van der Waals surface area contributed by atoms with Crippen LogP contribution in [0.2, 0.25) is 0 Å². The van der Waals surface area contributed by atoms with Crippen molar-refractivity contribution in [2.45, 2.75) is 39.7 Å². The average Bonchev–Trinajstić information content (AvgIpc) is 2.64. The Kier molecular flexibility index (Phi) is 5.22. The molecule has 1 aliphatic rings. The first-order chi connectivity index (χ1) is 7.49. The van der Waals surface area contributed by atoms with E-state index in [1.165, 1.54) is 19.5 Å². The Balaban J connectivity index is 2.38. The van der Waals surface area contributed by atoms with Gasteiger partial charge in [-0.05, 0) is 44.7 Å². The zero-order chi connectivity index (χ0) is 12.2. The van der Waals surface area contributed by atoms with E-state index in [0.717, 1.165) is 13.0 Å². The number of aliphatic hydroxyl groups excluding tert-OH is 1. The van der Waals surface area contributed by atoms with E-state index in [9.17, 15) is 0 Å². The summed E-state index contributed by atoms with van der Waals surface area (Å²) in [6.45, 7) is 10.8. The lowest BCUT2D eigenvalue weighted by molar-refractivity contribution is 0.162. The highest BCUT2D eigenvalue weighted by Crippen LogP contribution is 2.26. The molecule has 3 nitrogen and oxygen atoms in total. The van der Waals surface area contributed by atoms with Crippen LogP contribution in [0.3, 0.4) is 0 Å². The molecule has 1 rings (SSSR count). The van der Waals surface area contributed by atoms with Gasteiger partial charge in [0.05, 0.1) is 0 Å². The van der Waals surface area contributed by atoms with E-state index in [1.807, 2.05) is 7.05 Å². The van der Waals surface area contributed by atoms with Crippen molar-refractivity contribution in [2.75, 3.05) is 33.3 Å². The number of aliphatic hydroxyl groups is 1. The first kappa shape index (κ1) is 13.9. The zero-order valence-electron chi connectivity index (χ0n) is 11.3. The molecule has 96 valence electrons. The molecule has 2 unspecified atom stereocenters. The molecule has 1 aliphatic heterocycles. The Labute approximate surface area is 100 Å². The van der Waals surface area contributed by atoms with Gasteiger partial charge in [-0.2, -0.15) is 0 Å². The Hall–Kier alpha value is -0.120. The Bertz CT molecular complexity index is 206. The molecule has 1 heterocycles. The molecular formula is C13H28N2O. The third-order valence-corrected chi connectivity index (χ3v) is 4.14. The summed E-state index contributed by atoms with van der Waals surface area (Å²) >= 11 is 0. The molecule has 2 N–H and O–H groups in total. The van der Waals surface area contributed by atoms with Crippen molar-refractivity contribution in [1.29, 1.82) is 0 Å². The second-order valence-electron chi connectivity index (χ2n) is 5.90. The molecule has 0 saturated carbocycles. The molecule has 1 saturated heterocycles. The molecule has 0 radical (unpaired) electrons. The predicted molar refractivity (Wildman–Crippen MR) is 68.6 cm³/mol. The predicted octanol–water partition coefficient (Wildman–Crippen LogP) is 1.32. The normalized spacial score (nSPS) is 24.9. The smallest absolute Gasteiger partial charge is 0.0434 e. The molecule has 0 aromatic carbocycles. The van der Waals surface area contributed by atoms with Gasteiger partial charge in [0, 0.05) is 25.7 Å². The summed E-state index contributed by atoms with van der Waals surface area (Å²) < 4.78 is 0. The van der Waals surface area contributed by atoms with Crippen molar-refractivity contribution in [2.24, 2.45) is 11.3 Å². The van der Waals surface area contributed by atoms with Crippen molar-refractivity contribution >= 4 is 0 Å². The Morgan fingerprint density at radius 3 is 2.75 bits per heavy atom. The molecule has 0 aromatic rings. The summed E-state index contributed by atoms with van der Waals surface area (Å²) in [6, 6.07) is 0.532. The highest BCUT2D eigenvalue weighted by Gasteiger charge is 2.30. The standard InChI is InChI=1S/C13H28N2O/c1-11(14-4)13(2,3)10-15-7-5-12(9-15)6-8-16/h11-12,14,16H,5-10H2,1-4H3. The van der Waals surface area contributed by atoms with Crippen molar-refractivity contribution in [3.8, 4) is 0 Å². The monoisotopic (exact) mass is 228 g/mol. The fraction of sp³-hybridized carbons (Fsp3) is 1.00. The number of rotatable bonds is 6. The van der Waals surface area contributed by atoms with Crippen LogP contribution in [-0.2, 0) is 0 Å². The molecular weight excluding hydrogens is 200 g/mol. The third-order valence-electron chi connectivity index (χ3n) is 4.14. The lowest BCUT2D eigenvalue weighted by Gasteiger charge is -2.35. The number of hydrogen-bond acceptors (Lipinski definition) is 3. The minimum atomic E-state index is 0.308. The minimum absolute atomic E-state index is 0.308. The zero-order valence-corrected chi connectivity index (χ0v) is 11.3. The fourth-order valence-corrected chi connectivity index (χ4v) is 2.58. The van der Waals surface area contributed by atoms with Crippen LogP contribution in [0.1, 0.15) is 33.6 Å². The number of hydrogen-bond donors (Lipinski definition) is 2. The topological polar surface area (TPSA) is 35.5 Å². The van der Waals surface area contributed by atoms with Gasteiger partial charge in [0.25, 0.3) is 0 Å². The number of likely N-dealkylation sites (tertiary alicyclic amines) is 1. The van der Waals surface area contributed by atoms with Crippen molar-refractivity contribution in [3.05, 3.63) is 0 Å². The summed E-state index contributed by atoms with van der Waals surface area (Å²) in [7, 11) is 2.03. The van der Waals surface area contributed by atoms with Crippen LogP contribution in [0.15, 0.2) is 0 Å². The largest absolute Gasteiger partial charge is 0.396 e. The van der Waals surface area contributed by atoms with Gasteiger partial charge in [0.1, 0.15) is 0 Å². The van der Waals surface area contributed by atoms with Crippen molar-refractivity contribution < 1.29 is 5.11 Å². The summed E-state index contributed by atoms with van der Waals surface area (Å²) in [5.74, 6) is 0.714. The van der Waals surface area contributed by atoms with E-state index in [4.69, 9.17) is 5.11 Å². The van der Waals surface area contributed by atoms with Crippen LogP contribution in [-0.4, -0.2) is 49.3 Å². The maximum absolute atomic E-state index is 8.94. The van der Waals surface area contributed by atoms with Crippen LogP contribution < -0.4 is 5.32 Å². The van der Waals surface area contributed by atoms with Crippen LogP contribution >= 0.6 is 0 Å². The SMILES string of the molecule is CNC(C)C(C)(C)CN1CCC(CCO)C1. The van der Waals surface area contributed by atoms with Gasteiger partial charge in [-0.15, -0.1) is 0 Å². The van der Waals surface area contributed by atoms with E-state index < -0.39 is 0 Å². The Morgan fingerprint density at radius 2 is 2.19 bits per heavy atom. The van der Waals surface area contributed by atoms with Gasteiger partial charge < -0.3 is 15.3 Å². The van der Waals surface area contributed by atoms with Gasteiger partial charge in [0.2, 0.25) is 0 Å². The number of nitrogens with zero attached hydrogens (tertiary/aromatic N) is 1. The van der Waals surface area contributed by atoms with Crippen LogP contribution in [0, 0.1) is 11.3 Å². The average molecular weight is 228 g/mol. The van der Waals surface area contributed by atoms with E-state index in [2.05, 4.69) is 31.0 Å². The maximum atomic E-state index is 8.94. The van der Waals surface area contributed by atoms with E-state index >= 15 is 0 Å². The summed E-state index contributed by atoms with van der Waals surface area (Å²) in [6.07, 6.45) is 2.23. The quantitative estimate of drug-likeness (QED) is 0.720. The minimum Gasteiger partial charge on any atom is -0.396 e. The second kappa shape index (κ2) is 5.99. The molecule has 0 bridgehead atoms. The highest BCUT2D eigenvalue weighted by molar-refractivity contribution is 4.86. The first-order valence-electron chi connectivity index (χ1n) is 6.50. The molecule has 0 aliphatic carbocycles. The molecule has 16 heavy (non-hydrogen) atoms. The molecule has 0 spiro atoms. The van der Waals surface area contributed by atoms with E-state index in [0.29, 0.717) is 24.0 Å². The molecule has 3 heteroatoms. The third kappa shape index (κ3) is 3.72. The van der Waals surface area contributed by atoms with Gasteiger partial charge in [-0.3, -0.25) is 0 Å². The molecule has 2 atom stereocenters. The summed E-state index contributed by atoms with van der Waals surface area (Å²) in [5, 5.41) is 12.3. The lowest BCUT2D eigenvalue weighted by atomic mass is 9.85. The Morgan fingerprint density at radius 1 is 1.50 bits per heavy atom. The van der Waals surface area contributed by atoms with Gasteiger partial charge in [-0.25, -0.2) is 0 Å². The van der Waals surface area contributed by atoms with Gasteiger partial charge in [-0.1, -0.05) is 13.8 Å². The molecule has 0 amide bonds. The van der Waals surface area contributed by atoms with E-state index in [-0.39, 0.29) is 0 Å². The van der Waals surface area contributed by atoms with Crippen molar-refractivity contribution in [1.82, 2.24) is 10.2 Å². The fourth-order valence-electron chi connectivity index (χ4n) is 2.58.